The quantitative estimate of drug-likeness (QED) is 0.486. The standard InChI is InChI=1S/C7H8N4S/c1-11-6-5(3-10-11)7(12-2)9-4-8-6/h3-4H,1-2H3. The van der Waals surface area contributed by atoms with Crippen molar-refractivity contribution in [2.75, 3.05) is 6.26 Å². The van der Waals surface area contributed by atoms with E-state index in [0.717, 1.165) is 16.1 Å². The molecule has 0 fully saturated rings. The van der Waals surface area contributed by atoms with Gasteiger partial charge in [0.25, 0.3) is 0 Å². The zero-order chi connectivity index (χ0) is 8.55. The number of hydrogen-bond acceptors (Lipinski definition) is 4. The van der Waals surface area contributed by atoms with Gasteiger partial charge in [-0.15, -0.1) is 11.8 Å². The van der Waals surface area contributed by atoms with Crippen LogP contribution >= 0.6 is 11.8 Å². The first-order valence-electron chi connectivity index (χ1n) is 3.49. The van der Waals surface area contributed by atoms with Crippen LogP contribution < -0.4 is 0 Å². The third-order valence-corrected chi connectivity index (χ3v) is 2.40. The van der Waals surface area contributed by atoms with Gasteiger partial charge >= 0.3 is 0 Å². The van der Waals surface area contributed by atoms with E-state index in [4.69, 9.17) is 0 Å². The largest absolute Gasteiger partial charge is 0.250 e. The highest BCUT2D eigenvalue weighted by molar-refractivity contribution is 7.98. The van der Waals surface area contributed by atoms with E-state index in [1.54, 1.807) is 29.0 Å². The third-order valence-electron chi connectivity index (χ3n) is 1.69. The molecule has 2 heterocycles. The minimum absolute atomic E-state index is 0.884. The normalized spacial score (nSPS) is 10.8. The molecule has 62 valence electrons. The number of aromatic nitrogens is 4. The SMILES string of the molecule is CSc1ncnc2c1cnn2C. The molecule has 0 spiro atoms. The fraction of sp³-hybridized carbons (Fsp3) is 0.286. The van der Waals surface area contributed by atoms with Crippen LogP contribution in [0.4, 0.5) is 0 Å². The van der Waals surface area contributed by atoms with Gasteiger partial charge < -0.3 is 0 Å². The summed E-state index contributed by atoms with van der Waals surface area (Å²) in [4.78, 5) is 8.26. The molecule has 2 aromatic rings. The van der Waals surface area contributed by atoms with E-state index in [1.165, 1.54) is 0 Å². The first-order valence-corrected chi connectivity index (χ1v) is 4.72. The fourth-order valence-corrected chi connectivity index (χ4v) is 1.62. The molecule has 0 aromatic carbocycles. The van der Waals surface area contributed by atoms with Crippen molar-refractivity contribution in [3.8, 4) is 0 Å². The highest BCUT2D eigenvalue weighted by Crippen LogP contribution is 2.20. The van der Waals surface area contributed by atoms with E-state index in [-0.39, 0.29) is 0 Å². The lowest BCUT2D eigenvalue weighted by Gasteiger charge is -1.95. The Labute approximate surface area is 74.0 Å². The van der Waals surface area contributed by atoms with E-state index in [0.29, 0.717) is 0 Å². The second-order valence-corrected chi connectivity index (χ2v) is 3.18. The van der Waals surface area contributed by atoms with Crippen molar-refractivity contribution in [3.05, 3.63) is 12.5 Å². The Bertz CT molecular complexity index is 409. The van der Waals surface area contributed by atoms with Crippen molar-refractivity contribution in [1.82, 2.24) is 19.7 Å². The molecule has 2 aromatic heterocycles. The van der Waals surface area contributed by atoms with Crippen molar-refractivity contribution < 1.29 is 0 Å². The van der Waals surface area contributed by atoms with E-state index < -0.39 is 0 Å². The smallest absolute Gasteiger partial charge is 0.162 e. The molecule has 2 rings (SSSR count). The van der Waals surface area contributed by atoms with Gasteiger partial charge in [-0.3, -0.25) is 4.68 Å². The molecule has 0 radical (unpaired) electrons. The van der Waals surface area contributed by atoms with Gasteiger partial charge in [-0.25, -0.2) is 9.97 Å². The maximum atomic E-state index is 4.14. The van der Waals surface area contributed by atoms with E-state index in [1.807, 2.05) is 13.3 Å². The van der Waals surface area contributed by atoms with Gasteiger partial charge in [0, 0.05) is 7.05 Å². The summed E-state index contributed by atoms with van der Waals surface area (Å²) < 4.78 is 1.75. The second-order valence-electron chi connectivity index (χ2n) is 2.39. The minimum Gasteiger partial charge on any atom is -0.250 e. The maximum Gasteiger partial charge on any atom is 0.162 e. The van der Waals surface area contributed by atoms with Crippen LogP contribution in [0, 0.1) is 0 Å². The topological polar surface area (TPSA) is 43.6 Å². The average Bonchev–Trinajstić information content (AvgIpc) is 2.48. The van der Waals surface area contributed by atoms with Crippen LogP contribution in [-0.4, -0.2) is 26.0 Å². The predicted octanol–water partition coefficient (Wildman–Crippen LogP) is 1.09. The summed E-state index contributed by atoms with van der Waals surface area (Å²) >= 11 is 1.61. The summed E-state index contributed by atoms with van der Waals surface area (Å²) in [6, 6.07) is 0. The first-order chi connectivity index (χ1) is 5.83. The number of hydrogen-bond donors (Lipinski definition) is 0. The van der Waals surface area contributed by atoms with Gasteiger partial charge in [0.1, 0.15) is 11.4 Å². The number of rotatable bonds is 1. The summed E-state index contributed by atoms with van der Waals surface area (Å²) in [5.74, 6) is 0. The Balaban J connectivity index is 2.81. The molecule has 0 unspecified atom stereocenters. The van der Waals surface area contributed by atoms with Gasteiger partial charge in [-0.2, -0.15) is 5.10 Å². The highest BCUT2D eigenvalue weighted by Gasteiger charge is 2.05. The molecule has 0 bridgehead atoms. The number of thioether (sulfide) groups is 1. The molecular weight excluding hydrogens is 172 g/mol. The van der Waals surface area contributed by atoms with E-state index >= 15 is 0 Å². The number of fused-ring (bicyclic) bond motifs is 1. The Kier molecular flexibility index (Phi) is 1.73. The van der Waals surface area contributed by atoms with Crippen molar-refractivity contribution in [1.29, 1.82) is 0 Å². The van der Waals surface area contributed by atoms with Crippen molar-refractivity contribution >= 4 is 22.8 Å². The Hall–Kier alpha value is -1.10. The molecule has 0 aliphatic heterocycles. The Morgan fingerprint density at radius 2 is 2.25 bits per heavy atom. The summed E-state index contributed by atoms with van der Waals surface area (Å²) in [5, 5.41) is 6.11. The molecule has 12 heavy (non-hydrogen) atoms. The lowest BCUT2D eigenvalue weighted by molar-refractivity contribution is 0.784. The number of nitrogens with zero attached hydrogens (tertiary/aromatic N) is 4. The van der Waals surface area contributed by atoms with Crippen LogP contribution in [0.5, 0.6) is 0 Å². The third kappa shape index (κ3) is 0.972. The molecule has 0 saturated heterocycles. The Morgan fingerprint density at radius 3 is 3.00 bits per heavy atom. The summed E-state index contributed by atoms with van der Waals surface area (Å²) in [5.41, 5.74) is 0.884. The maximum absolute atomic E-state index is 4.14. The van der Waals surface area contributed by atoms with Crippen LogP contribution in [0.25, 0.3) is 11.0 Å². The van der Waals surface area contributed by atoms with Crippen molar-refractivity contribution in [2.45, 2.75) is 5.03 Å². The first kappa shape index (κ1) is 7.54. The molecule has 0 amide bonds. The average molecular weight is 180 g/mol. The molecule has 0 aliphatic carbocycles. The van der Waals surface area contributed by atoms with Gasteiger partial charge in [0.15, 0.2) is 5.65 Å². The van der Waals surface area contributed by atoms with Crippen molar-refractivity contribution in [2.24, 2.45) is 7.05 Å². The second kappa shape index (κ2) is 2.75. The summed E-state index contributed by atoms with van der Waals surface area (Å²) in [6.07, 6.45) is 5.35. The summed E-state index contributed by atoms with van der Waals surface area (Å²) in [6.45, 7) is 0. The molecule has 0 N–H and O–H groups in total. The van der Waals surface area contributed by atoms with Crippen LogP contribution in [0.3, 0.4) is 0 Å². The molecule has 4 nitrogen and oxygen atoms in total. The lowest BCUT2D eigenvalue weighted by atomic mass is 10.4. The van der Waals surface area contributed by atoms with Gasteiger partial charge in [-0.05, 0) is 6.26 Å². The molecule has 5 heteroatoms. The molecule has 0 aliphatic rings. The fourth-order valence-electron chi connectivity index (χ4n) is 1.10. The Morgan fingerprint density at radius 1 is 1.42 bits per heavy atom. The molecular formula is C7H8N4S. The molecule has 0 saturated carbocycles. The number of aryl methyl sites for hydroxylation is 1. The zero-order valence-electron chi connectivity index (χ0n) is 6.85. The van der Waals surface area contributed by atoms with Crippen LogP contribution in [0.1, 0.15) is 0 Å². The predicted molar refractivity (Wildman–Crippen MR) is 48.1 cm³/mol. The van der Waals surface area contributed by atoms with E-state index in [9.17, 15) is 0 Å². The summed E-state index contributed by atoms with van der Waals surface area (Å²) in [7, 11) is 1.87. The highest BCUT2D eigenvalue weighted by atomic mass is 32.2. The van der Waals surface area contributed by atoms with E-state index in [2.05, 4.69) is 15.1 Å². The minimum atomic E-state index is 0.884. The zero-order valence-corrected chi connectivity index (χ0v) is 7.67. The monoisotopic (exact) mass is 180 g/mol. The van der Waals surface area contributed by atoms with Crippen LogP contribution in [0.2, 0.25) is 0 Å². The van der Waals surface area contributed by atoms with Gasteiger partial charge in [-0.1, -0.05) is 0 Å². The van der Waals surface area contributed by atoms with Crippen molar-refractivity contribution in [3.63, 3.8) is 0 Å². The van der Waals surface area contributed by atoms with Gasteiger partial charge in [0.05, 0.1) is 11.6 Å². The molecule has 0 atom stereocenters. The lowest BCUT2D eigenvalue weighted by Crippen LogP contribution is -1.92. The van der Waals surface area contributed by atoms with Crippen LogP contribution in [-0.2, 0) is 7.05 Å². The van der Waals surface area contributed by atoms with Gasteiger partial charge in [0.2, 0.25) is 0 Å². The van der Waals surface area contributed by atoms with Crippen LogP contribution in [0.15, 0.2) is 17.6 Å².